The summed E-state index contributed by atoms with van der Waals surface area (Å²) in [6.45, 7) is -0.127. The number of hydrogen-bond acceptors (Lipinski definition) is 7. The number of amides is 1. The monoisotopic (exact) mass is 387 g/mol. The number of benzene rings is 1. The number of carbonyl (C=O) groups excluding carboxylic acids is 1. The summed E-state index contributed by atoms with van der Waals surface area (Å²) in [7, 11) is 0. The van der Waals surface area contributed by atoms with Crippen molar-refractivity contribution in [3.8, 4) is 5.75 Å². The molecule has 1 saturated carbocycles. The predicted molar refractivity (Wildman–Crippen MR) is 95.5 cm³/mol. The number of rotatable bonds is 6. The maximum atomic E-state index is 13.6. The summed E-state index contributed by atoms with van der Waals surface area (Å²) in [4.78, 5) is 24.3. The molecule has 2 aromatic heterocycles. The molecule has 7 nitrogen and oxygen atoms in total. The zero-order valence-corrected chi connectivity index (χ0v) is 14.8. The molecular formula is C18H14FN3O4S. The average Bonchev–Trinajstić information content (AvgIpc) is 3.41. The SMILES string of the molecule is O=C(Nc1nnc(C2CC2)s1)c1cc(=O)c(OCc2ccccc2F)co1. The lowest BCUT2D eigenvalue weighted by atomic mass is 10.2. The molecule has 0 bridgehead atoms. The normalized spacial score (nSPS) is 13.4. The lowest BCUT2D eigenvalue weighted by molar-refractivity contribution is 0.0993. The first-order valence-electron chi connectivity index (χ1n) is 8.24. The van der Waals surface area contributed by atoms with E-state index in [0.717, 1.165) is 30.2 Å². The molecule has 0 atom stereocenters. The Morgan fingerprint density at radius 1 is 1.33 bits per heavy atom. The van der Waals surface area contributed by atoms with Crippen LogP contribution in [-0.2, 0) is 6.61 Å². The van der Waals surface area contributed by atoms with Crippen LogP contribution < -0.4 is 15.5 Å². The van der Waals surface area contributed by atoms with Crippen LogP contribution in [-0.4, -0.2) is 16.1 Å². The Morgan fingerprint density at radius 2 is 2.15 bits per heavy atom. The van der Waals surface area contributed by atoms with E-state index in [4.69, 9.17) is 9.15 Å². The van der Waals surface area contributed by atoms with Crippen molar-refractivity contribution < 1.29 is 18.3 Å². The van der Waals surface area contributed by atoms with Crippen molar-refractivity contribution in [3.63, 3.8) is 0 Å². The summed E-state index contributed by atoms with van der Waals surface area (Å²) < 4.78 is 24.1. The molecule has 1 aliphatic rings. The van der Waals surface area contributed by atoms with E-state index in [1.54, 1.807) is 18.2 Å². The van der Waals surface area contributed by atoms with Crippen LogP contribution in [0.2, 0.25) is 0 Å². The predicted octanol–water partition coefficient (Wildman–Crippen LogP) is 3.34. The molecule has 9 heteroatoms. The Labute approximate surface area is 156 Å². The molecule has 1 amide bonds. The molecule has 0 radical (unpaired) electrons. The number of halogens is 1. The molecule has 1 fully saturated rings. The summed E-state index contributed by atoms with van der Waals surface area (Å²) in [5.41, 5.74) is -0.236. The van der Waals surface area contributed by atoms with Gasteiger partial charge in [0, 0.05) is 17.5 Å². The summed E-state index contributed by atoms with van der Waals surface area (Å²) in [6.07, 6.45) is 3.21. The topological polar surface area (TPSA) is 94.3 Å². The van der Waals surface area contributed by atoms with Gasteiger partial charge in [-0.1, -0.05) is 29.5 Å². The molecular weight excluding hydrogens is 373 g/mol. The third-order valence-corrected chi connectivity index (χ3v) is 4.95. The lowest BCUT2D eigenvalue weighted by Crippen LogP contribution is -2.15. The van der Waals surface area contributed by atoms with Gasteiger partial charge in [0.15, 0.2) is 5.76 Å². The Balaban J connectivity index is 1.41. The van der Waals surface area contributed by atoms with Gasteiger partial charge in [-0.3, -0.25) is 14.9 Å². The summed E-state index contributed by atoms with van der Waals surface area (Å²) in [6, 6.07) is 7.11. The van der Waals surface area contributed by atoms with Crippen molar-refractivity contribution in [1.82, 2.24) is 10.2 Å². The number of nitrogens with zero attached hydrogens (tertiary/aromatic N) is 2. The van der Waals surface area contributed by atoms with Crippen molar-refractivity contribution in [2.24, 2.45) is 0 Å². The number of ether oxygens (including phenoxy) is 1. The molecule has 138 valence electrons. The first-order valence-corrected chi connectivity index (χ1v) is 9.05. The highest BCUT2D eigenvalue weighted by molar-refractivity contribution is 7.15. The summed E-state index contributed by atoms with van der Waals surface area (Å²) >= 11 is 1.31. The van der Waals surface area contributed by atoms with Crippen LogP contribution in [0.1, 0.15) is 39.9 Å². The lowest BCUT2D eigenvalue weighted by Gasteiger charge is -2.06. The van der Waals surface area contributed by atoms with Gasteiger partial charge in [-0.15, -0.1) is 10.2 Å². The molecule has 27 heavy (non-hydrogen) atoms. The smallest absolute Gasteiger partial charge is 0.293 e. The number of nitrogens with one attached hydrogen (secondary N) is 1. The van der Waals surface area contributed by atoms with Crippen molar-refractivity contribution in [2.45, 2.75) is 25.4 Å². The standard InChI is InChI=1S/C18H14FN3O4S/c19-12-4-2-1-3-11(12)8-25-15-9-26-14(7-13(15)23)16(24)20-18-22-21-17(27-18)10-5-6-10/h1-4,7,9-10H,5-6,8H2,(H,20,22,24). The van der Waals surface area contributed by atoms with E-state index in [-0.39, 0.29) is 18.1 Å². The first-order chi connectivity index (χ1) is 13.1. The van der Waals surface area contributed by atoms with Crippen molar-refractivity contribution in [2.75, 3.05) is 5.32 Å². The van der Waals surface area contributed by atoms with Gasteiger partial charge < -0.3 is 9.15 Å². The van der Waals surface area contributed by atoms with E-state index < -0.39 is 17.2 Å². The minimum absolute atomic E-state index is 0.110. The van der Waals surface area contributed by atoms with Gasteiger partial charge in [-0.2, -0.15) is 0 Å². The zero-order valence-electron chi connectivity index (χ0n) is 14.0. The summed E-state index contributed by atoms with van der Waals surface area (Å²) in [5, 5.41) is 11.7. The fourth-order valence-corrected chi connectivity index (χ4v) is 3.24. The van der Waals surface area contributed by atoms with Gasteiger partial charge in [0.2, 0.25) is 16.3 Å². The van der Waals surface area contributed by atoms with Crippen LogP contribution in [0.25, 0.3) is 0 Å². The molecule has 0 saturated heterocycles. The first kappa shape index (κ1) is 17.3. The second-order valence-corrected chi connectivity index (χ2v) is 7.04. The van der Waals surface area contributed by atoms with Gasteiger partial charge in [-0.25, -0.2) is 4.39 Å². The molecule has 2 heterocycles. The van der Waals surface area contributed by atoms with Gasteiger partial charge in [0.25, 0.3) is 5.91 Å². The van der Waals surface area contributed by atoms with E-state index >= 15 is 0 Å². The van der Waals surface area contributed by atoms with E-state index in [2.05, 4.69) is 15.5 Å². The van der Waals surface area contributed by atoms with Crippen LogP contribution in [0.5, 0.6) is 5.75 Å². The van der Waals surface area contributed by atoms with Crippen LogP contribution in [0.4, 0.5) is 9.52 Å². The highest BCUT2D eigenvalue weighted by Gasteiger charge is 2.28. The van der Waals surface area contributed by atoms with E-state index in [9.17, 15) is 14.0 Å². The quantitative estimate of drug-likeness (QED) is 0.697. The highest BCUT2D eigenvalue weighted by Crippen LogP contribution is 2.42. The second kappa shape index (κ2) is 7.28. The third kappa shape index (κ3) is 4.03. The minimum Gasteiger partial charge on any atom is -0.482 e. The average molecular weight is 387 g/mol. The van der Waals surface area contributed by atoms with Crippen LogP contribution >= 0.6 is 11.3 Å². The molecule has 3 aromatic rings. The van der Waals surface area contributed by atoms with E-state index in [1.165, 1.54) is 17.4 Å². The Kier molecular flexibility index (Phi) is 4.68. The molecule has 0 aliphatic heterocycles. The molecule has 0 spiro atoms. The van der Waals surface area contributed by atoms with E-state index in [0.29, 0.717) is 16.6 Å². The molecule has 1 aliphatic carbocycles. The van der Waals surface area contributed by atoms with Crippen molar-refractivity contribution >= 4 is 22.4 Å². The van der Waals surface area contributed by atoms with Crippen LogP contribution in [0, 0.1) is 5.82 Å². The van der Waals surface area contributed by atoms with Crippen LogP contribution in [0.15, 0.2) is 45.8 Å². The second-order valence-electron chi connectivity index (χ2n) is 6.03. The van der Waals surface area contributed by atoms with Crippen LogP contribution in [0.3, 0.4) is 0 Å². The molecule has 1 N–H and O–H groups in total. The van der Waals surface area contributed by atoms with E-state index in [1.807, 2.05) is 0 Å². The largest absolute Gasteiger partial charge is 0.482 e. The van der Waals surface area contributed by atoms with Crippen molar-refractivity contribution in [1.29, 1.82) is 0 Å². The summed E-state index contributed by atoms with van der Waals surface area (Å²) in [5.74, 6) is -0.883. The number of aromatic nitrogens is 2. The van der Waals surface area contributed by atoms with Gasteiger partial charge >= 0.3 is 0 Å². The zero-order chi connectivity index (χ0) is 18.8. The number of anilines is 1. The fraction of sp³-hybridized carbons (Fsp3) is 0.222. The fourth-order valence-electron chi connectivity index (χ4n) is 2.33. The van der Waals surface area contributed by atoms with Gasteiger partial charge in [0.1, 0.15) is 23.7 Å². The van der Waals surface area contributed by atoms with Gasteiger partial charge in [-0.05, 0) is 18.9 Å². The van der Waals surface area contributed by atoms with Gasteiger partial charge in [0.05, 0.1) is 0 Å². The maximum Gasteiger partial charge on any atom is 0.293 e. The molecule has 4 rings (SSSR count). The number of carbonyl (C=O) groups is 1. The van der Waals surface area contributed by atoms with Crippen molar-refractivity contribution in [3.05, 3.63) is 69.0 Å². The maximum absolute atomic E-state index is 13.6. The molecule has 1 aromatic carbocycles. The Bertz CT molecular complexity index is 1040. The highest BCUT2D eigenvalue weighted by atomic mass is 32.1. The molecule has 0 unspecified atom stereocenters. The third-order valence-electron chi connectivity index (χ3n) is 3.95. The Morgan fingerprint density at radius 3 is 2.89 bits per heavy atom. The minimum atomic E-state index is -0.605. The Hall–Kier alpha value is -3.07. The number of hydrogen-bond donors (Lipinski definition) is 1.